The maximum absolute atomic E-state index is 13.8. The number of sulfonamides is 2. The van der Waals surface area contributed by atoms with Gasteiger partial charge in [-0.25, -0.2) is 25.6 Å². The summed E-state index contributed by atoms with van der Waals surface area (Å²) in [5.74, 6) is -3.19. The summed E-state index contributed by atoms with van der Waals surface area (Å²) in [5.41, 5.74) is 2.46. The van der Waals surface area contributed by atoms with Crippen molar-refractivity contribution in [1.82, 2.24) is 4.31 Å². The standard InChI is InChI=1S/C26H31F2N3O5S3/c1-38(33,34)29-19-2-3-21-20(15-19)25(8-6-24(4-5-24)7-9-25)17-31(21)23(32)18-14-22(37-16-18)39(35,36)30-12-10-26(27,28)11-13-30/h2-3,14-16,29H,4-13,17H2,1H3. The molecule has 2 aliphatic carbocycles. The molecule has 1 N–H and O–H groups in total. The molecule has 3 heterocycles. The third-order valence-electron chi connectivity index (χ3n) is 8.96. The van der Waals surface area contributed by atoms with E-state index in [0.29, 0.717) is 23.3 Å². The minimum atomic E-state index is -3.98. The molecule has 8 nitrogen and oxygen atoms in total. The van der Waals surface area contributed by atoms with Gasteiger partial charge in [0.2, 0.25) is 10.0 Å². The molecule has 2 aromatic rings. The van der Waals surface area contributed by atoms with Crippen LogP contribution in [0.4, 0.5) is 20.2 Å². The summed E-state index contributed by atoms with van der Waals surface area (Å²) in [5, 5.41) is 1.51. The lowest BCUT2D eigenvalue weighted by Crippen LogP contribution is -2.42. The largest absolute Gasteiger partial charge is 0.307 e. The van der Waals surface area contributed by atoms with Crippen molar-refractivity contribution in [2.45, 2.75) is 66.9 Å². The van der Waals surface area contributed by atoms with Crippen molar-refractivity contribution in [3.8, 4) is 0 Å². The van der Waals surface area contributed by atoms with Gasteiger partial charge in [-0.2, -0.15) is 4.31 Å². The minimum Gasteiger partial charge on any atom is -0.307 e. The Morgan fingerprint density at radius 1 is 0.949 bits per heavy atom. The van der Waals surface area contributed by atoms with Gasteiger partial charge in [-0.1, -0.05) is 0 Å². The number of nitrogens with zero attached hydrogens (tertiary/aromatic N) is 2. The number of piperidine rings is 1. The average molecular weight is 600 g/mol. The number of fused-ring (bicyclic) bond motifs is 2. The quantitative estimate of drug-likeness (QED) is 0.532. The second-order valence-electron chi connectivity index (χ2n) is 11.7. The number of carbonyl (C=O) groups excluding carboxylic acids is 1. The summed E-state index contributed by atoms with van der Waals surface area (Å²) in [7, 11) is -7.46. The van der Waals surface area contributed by atoms with Crippen molar-refractivity contribution in [3.63, 3.8) is 0 Å². The van der Waals surface area contributed by atoms with Crippen LogP contribution in [0, 0.1) is 5.41 Å². The number of nitrogens with one attached hydrogen (secondary N) is 1. The minimum absolute atomic E-state index is 0.0359. The predicted octanol–water partition coefficient (Wildman–Crippen LogP) is 4.79. The third-order valence-corrected chi connectivity index (χ3v) is 12.9. The Kier molecular flexibility index (Phi) is 6.22. The molecule has 1 aromatic carbocycles. The molecule has 39 heavy (non-hydrogen) atoms. The summed E-state index contributed by atoms with van der Waals surface area (Å²) in [6.45, 7) is -0.0769. The van der Waals surface area contributed by atoms with Gasteiger partial charge in [0, 0.05) is 54.6 Å². The molecule has 0 unspecified atom stereocenters. The van der Waals surface area contributed by atoms with Crippen molar-refractivity contribution in [1.29, 1.82) is 0 Å². The van der Waals surface area contributed by atoms with E-state index in [9.17, 15) is 30.4 Å². The van der Waals surface area contributed by atoms with Crippen LogP contribution < -0.4 is 9.62 Å². The van der Waals surface area contributed by atoms with E-state index in [2.05, 4.69) is 4.72 Å². The van der Waals surface area contributed by atoms with E-state index in [1.807, 2.05) is 6.07 Å². The molecule has 1 amide bonds. The van der Waals surface area contributed by atoms with Crippen LogP contribution in [0.2, 0.25) is 0 Å². The molecule has 6 rings (SSSR count). The van der Waals surface area contributed by atoms with Gasteiger partial charge >= 0.3 is 0 Å². The first-order chi connectivity index (χ1) is 18.2. The average Bonchev–Trinajstić information content (AvgIpc) is 3.30. The Labute approximate surface area is 231 Å². The van der Waals surface area contributed by atoms with Crippen molar-refractivity contribution >= 4 is 48.7 Å². The fourth-order valence-corrected chi connectivity index (χ4v) is 9.69. The molecule has 3 fully saturated rings. The predicted molar refractivity (Wildman–Crippen MR) is 146 cm³/mol. The fraction of sp³-hybridized carbons (Fsp3) is 0.577. The number of benzene rings is 1. The lowest BCUT2D eigenvalue weighted by Gasteiger charge is -2.38. The van der Waals surface area contributed by atoms with E-state index in [4.69, 9.17) is 0 Å². The zero-order valence-electron chi connectivity index (χ0n) is 21.6. The molecule has 13 heteroatoms. The molecule has 0 radical (unpaired) electrons. The van der Waals surface area contributed by atoms with Gasteiger partial charge in [-0.3, -0.25) is 9.52 Å². The summed E-state index contributed by atoms with van der Waals surface area (Å²) in [6.07, 6.45) is 6.44. The highest BCUT2D eigenvalue weighted by atomic mass is 32.2. The molecular weight excluding hydrogens is 568 g/mol. The van der Waals surface area contributed by atoms with Crippen LogP contribution in [-0.4, -0.2) is 58.9 Å². The lowest BCUT2D eigenvalue weighted by molar-refractivity contribution is -0.0411. The highest BCUT2D eigenvalue weighted by Crippen LogP contribution is 2.62. The van der Waals surface area contributed by atoms with E-state index >= 15 is 0 Å². The van der Waals surface area contributed by atoms with Crippen LogP contribution in [0.15, 0.2) is 33.9 Å². The second kappa shape index (κ2) is 8.95. The van der Waals surface area contributed by atoms with E-state index in [1.165, 1.54) is 24.3 Å². The van der Waals surface area contributed by atoms with Gasteiger partial charge in [-0.15, -0.1) is 11.3 Å². The first kappa shape index (κ1) is 27.1. The van der Waals surface area contributed by atoms with Crippen LogP contribution >= 0.6 is 11.3 Å². The Balaban J connectivity index is 1.29. The van der Waals surface area contributed by atoms with Crippen molar-refractivity contribution in [2.24, 2.45) is 5.41 Å². The van der Waals surface area contributed by atoms with Gasteiger partial charge < -0.3 is 4.90 Å². The van der Waals surface area contributed by atoms with Crippen molar-refractivity contribution < 1.29 is 30.4 Å². The van der Waals surface area contributed by atoms with E-state index in [1.54, 1.807) is 17.0 Å². The zero-order chi connectivity index (χ0) is 27.8. The lowest BCUT2D eigenvalue weighted by atomic mass is 9.66. The number of carbonyl (C=O) groups is 1. The van der Waals surface area contributed by atoms with E-state index in [-0.39, 0.29) is 34.2 Å². The molecular formula is C26H31F2N3O5S3. The topological polar surface area (TPSA) is 104 Å². The monoisotopic (exact) mass is 599 g/mol. The molecule has 0 atom stereocenters. The van der Waals surface area contributed by atoms with E-state index in [0.717, 1.165) is 53.1 Å². The normalized spacial score (nSPS) is 23.6. The number of thiophene rings is 1. The number of hydrogen-bond acceptors (Lipinski definition) is 6. The number of halogens is 2. The Hall–Kier alpha value is -2.09. The first-order valence-electron chi connectivity index (χ1n) is 13.1. The van der Waals surface area contributed by atoms with Crippen LogP contribution in [-0.2, 0) is 25.5 Å². The first-order valence-corrected chi connectivity index (χ1v) is 17.3. The summed E-state index contributed by atoms with van der Waals surface area (Å²) in [4.78, 5) is 15.5. The van der Waals surface area contributed by atoms with Crippen LogP contribution in [0.25, 0.3) is 0 Å². The Bertz CT molecular complexity index is 1530. The molecule has 4 aliphatic rings. The van der Waals surface area contributed by atoms with Gasteiger partial charge in [0.25, 0.3) is 21.9 Å². The number of rotatable bonds is 5. The maximum atomic E-state index is 13.8. The van der Waals surface area contributed by atoms with Gasteiger partial charge in [-0.05, 0) is 73.8 Å². The number of anilines is 2. The van der Waals surface area contributed by atoms with Crippen LogP contribution in [0.1, 0.15) is 67.3 Å². The van der Waals surface area contributed by atoms with Crippen LogP contribution in [0.3, 0.4) is 0 Å². The maximum Gasteiger partial charge on any atom is 0.259 e. The Morgan fingerprint density at radius 2 is 1.59 bits per heavy atom. The summed E-state index contributed by atoms with van der Waals surface area (Å²) < 4.78 is 80.7. The van der Waals surface area contributed by atoms with Crippen molar-refractivity contribution in [3.05, 3.63) is 40.8 Å². The van der Waals surface area contributed by atoms with Gasteiger partial charge in [0.05, 0.1) is 11.8 Å². The number of amides is 1. The van der Waals surface area contributed by atoms with Crippen molar-refractivity contribution in [2.75, 3.05) is 35.5 Å². The molecule has 0 bridgehead atoms. The molecule has 1 saturated heterocycles. The fourth-order valence-electron chi connectivity index (χ4n) is 6.39. The number of hydrogen-bond donors (Lipinski definition) is 1. The second-order valence-corrected chi connectivity index (χ2v) is 16.5. The SMILES string of the molecule is CS(=O)(=O)Nc1ccc2c(c1)C1(CCC3(CC3)CC1)CN2C(=O)c1csc(S(=O)(=O)N2CCC(F)(F)CC2)c1. The molecule has 1 aromatic heterocycles. The van der Waals surface area contributed by atoms with Gasteiger partial charge in [0.15, 0.2) is 0 Å². The molecule has 2 aliphatic heterocycles. The van der Waals surface area contributed by atoms with Crippen LogP contribution in [0.5, 0.6) is 0 Å². The number of alkyl halides is 2. The highest BCUT2D eigenvalue weighted by Gasteiger charge is 2.53. The third kappa shape index (κ3) is 5.00. The highest BCUT2D eigenvalue weighted by molar-refractivity contribution is 7.92. The zero-order valence-corrected chi connectivity index (χ0v) is 24.0. The van der Waals surface area contributed by atoms with E-state index < -0.39 is 38.8 Å². The summed E-state index contributed by atoms with van der Waals surface area (Å²) >= 11 is 0.921. The molecule has 2 saturated carbocycles. The smallest absolute Gasteiger partial charge is 0.259 e. The Morgan fingerprint density at radius 3 is 2.21 bits per heavy atom. The summed E-state index contributed by atoms with van der Waals surface area (Å²) in [6, 6.07) is 6.58. The van der Waals surface area contributed by atoms with Gasteiger partial charge in [0.1, 0.15) is 4.21 Å². The molecule has 2 spiro atoms. The molecule has 212 valence electrons.